The second-order valence-electron chi connectivity index (χ2n) is 12.7. The van der Waals surface area contributed by atoms with E-state index >= 15 is 0 Å². The Bertz CT molecular complexity index is 1150. The van der Waals surface area contributed by atoms with Gasteiger partial charge in [-0.05, 0) is 88.8 Å². The second kappa shape index (κ2) is 17.0. The maximum Gasteiger partial charge on any atom is 0.344 e. The Hall–Kier alpha value is -1.92. The Kier molecular flexibility index (Phi) is 14.0. The standard InChI is InChI=1S/C35H55O7P/c1-6-8-10-11-12-13-15-22-40-43(38,39)42-35(20-16-21-35)34(37)41-32-25-28(17-14-9-7-2)24-31(36)33(32)30-23-27(5)18-19-29(30)26(3)4/h23-25,29-30,36H,3,6-22H2,1-2,4-5H3,(H,38,39)/p-1/t29-,30+/m0/s1. The first-order chi connectivity index (χ1) is 20.5. The number of unbranched alkanes of at least 4 members (excludes halogenated alkanes) is 8. The average Bonchev–Trinajstić information content (AvgIpc) is 2.92. The van der Waals surface area contributed by atoms with Gasteiger partial charge < -0.3 is 19.3 Å². The summed E-state index contributed by atoms with van der Waals surface area (Å²) in [5, 5.41) is 11.3. The summed E-state index contributed by atoms with van der Waals surface area (Å²) >= 11 is 0. The highest BCUT2D eigenvalue weighted by Crippen LogP contribution is 2.52. The summed E-state index contributed by atoms with van der Waals surface area (Å²) in [7, 11) is -4.73. The number of carbonyl (C=O) groups excluding carboxylic acids is 1. The molecule has 2 aliphatic carbocycles. The van der Waals surface area contributed by atoms with E-state index in [1.165, 1.54) is 24.8 Å². The summed E-state index contributed by atoms with van der Waals surface area (Å²) in [6.45, 7) is 12.6. The number of hydrogen-bond donors (Lipinski definition) is 1. The predicted octanol–water partition coefficient (Wildman–Crippen LogP) is 9.22. The number of phenols is 1. The van der Waals surface area contributed by atoms with Crippen molar-refractivity contribution >= 4 is 13.8 Å². The summed E-state index contributed by atoms with van der Waals surface area (Å²) in [6, 6.07) is 3.60. The molecule has 0 spiro atoms. The van der Waals surface area contributed by atoms with Crippen molar-refractivity contribution in [2.24, 2.45) is 5.92 Å². The van der Waals surface area contributed by atoms with E-state index in [-0.39, 0.29) is 42.8 Å². The molecule has 0 aliphatic heterocycles. The minimum atomic E-state index is -4.73. The molecule has 0 amide bonds. The molecular formula is C35H54O7P-. The molecule has 43 heavy (non-hydrogen) atoms. The average molecular weight is 618 g/mol. The number of rotatable bonds is 19. The fourth-order valence-electron chi connectivity index (χ4n) is 6.22. The fourth-order valence-corrected chi connectivity index (χ4v) is 7.31. The van der Waals surface area contributed by atoms with Crippen LogP contribution >= 0.6 is 7.82 Å². The number of ether oxygens (including phenoxy) is 1. The van der Waals surface area contributed by atoms with Crippen LogP contribution in [0.3, 0.4) is 0 Å². The predicted molar refractivity (Wildman–Crippen MR) is 170 cm³/mol. The normalized spacial score (nSPS) is 21.0. The largest absolute Gasteiger partial charge is 0.756 e. The summed E-state index contributed by atoms with van der Waals surface area (Å²) in [5.74, 6) is -0.556. The van der Waals surface area contributed by atoms with E-state index in [9.17, 15) is 19.4 Å². The van der Waals surface area contributed by atoms with E-state index in [1.807, 2.05) is 13.0 Å². The van der Waals surface area contributed by atoms with Gasteiger partial charge in [-0.15, -0.1) is 0 Å². The maximum atomic E-state index is 13.7. The SMILES string of the molecule is C=C(C)[C@@H]1CCC(C)=C[C@H]1c1c(O)cc(CCCCC)cc1OC(=O)C1(OP(=O)([O-])OCCCCCCCCC)CCC1. The Morgan fingerprint density at radius 3 is 2.35 bits per heavy atom. The molecule has 0 aromatic heterocycles. The van der Waals surface area contributed by atoms with Gasteiger partial charge in [-0.1, -0.05) is 89.0 Å². The molecular weight excluding hydrogens is 563 g/mol. The van der Waals surface area contributed by atoms with Gasteiger partial charge in [0, 0.05) is 11.5 Å². The number of aromatic hydroxyl groups is 1. The molecule has 8 heteroatoms. The smallest absolute Gasteiger partial charge is 0.344 e. The highest BCUT2D eigenvalue weighted by atomic mass is 31.2. The molecule has 3 rings (SSSR count). The molecule has 7 nitrogen and oxygen atoms in total. The summed E-state index contributed by atoms with van der Waals surface area (Å²) in [5.41, 5.74) is 2.00. The monoisotopic (exact) mass is 617 g/mol. The Labute approximate surface area is 259 Å². The van der Waals surface area contributed by atoms with Crippen molar-refractivity contribution in [3.8, 4) is 11.5 Å². The van der Waals surface area contributed by atoms with Crippen molar-refractivity contribution in [1.29, 1.82) is 0 Å². The van der Waals surface area contributed by atoms with Crippen molar-refractivity contribution in [1.82, 2.24) is 0 Å². The molecule has 1 aromatic rings. The van der Waals surface area contributed by atoms with Gasteiger partial charge in [0.25, 0.3) is 7.82 Å². The molecule has 0 radical (unpaired) electrons. The molecule has 0 heterocycles. The van der Waals surface area contributed by atoms with Gasteiger partial charge in [0.1, 0.15) is 11.5 Å². The molecule has 1 unspecified atom stereocenters. The zero-order valence-corrected chi connectivity index (χ0v) is 27.9. The first-order valence-corrected chi connectivity index (χ1v) is 18.0. The number of benzene rings is 1. The number of phosphoric acid groups is 1. The van der Waals surface area contributed by atoms with Crippen LogP contribution in [0.25, 0.3) is 0 Å². The third-order valence-electron chi connectivity index (χ3n) is 8.98. The van der Waals surface area contributed by atoms with Crippen molar-refractivity contribution < 1.29 is 33.1 Å². The second-order valence-corrected chi connectivity index (χ2v) is 14.1. The Morgan fingerprint density at radius 1 is 1.07 bits per heavy atom. The van der Waals surface area contributed by atoms with Crippen molar-refractivity contribution in [2.75, 3.05) is 6.61 Å². The minimum Gasteiger partial charge on any atom is -0.756 e. The number of esters is 1. The van der Waals surface area contributed by atoms with E-state index in [0.717, 1.165) is 68.9 Å². The molecule has 1 aromatic carbocycles. The molecule has 242 valence electrons. The van der Waals surface area contributed by atoms with E-state index < -0.39 is 19.4 Å². The third-order valence-corrected chi connectivity index (χ3v) is 10.1. The van der Waals surface area contributed by atoms with Gasteiger partial charge in [-0.25, -0.2) is 4.79 Å². The van der Waals surface area contributed by atoms with Crippen LogP contribution in [0.2, 0.25) is 0 Å². The molecule has 0 bridgehead atoms. The summed E-state index contributed by atoms with van der Waals surface area (Å²) < 4.78 is 29.5. The summed E-state index contributed by atoms with van der Waals surface area (Å²) in [4.78, 5) is 26.5. The van der Waals surface area contributed by atoms with Gasteiger partial charge in [0.05, 0.1) is 6.61 Å². The van der Waals surface area contributed by atoms with Gasteiger partial charge in [-0.3, -0.25) is 9.09 Å². The lowest BCUT2D eigenvalue weighted by Crippen LogP contribution is -2.50. The molecule has 1 fully saturated rings. The zero-order valence-electron chi connectivity index (χ0n) is 27.0. The number of aryl methyl sites for hydroxylation is 1. The van der Waals surface area contributed by atoms with Crippen LogP contribution in [0.5, 0.6) is 11.5 Å². The highest BCUT2D eigenvalue weighted by Gasteiger charge is 2.50. The number of allylic oxidation sites excluding steroid dienone is 3. The maximum absolute atomic E-state index is 13.7. The molecule has 2 aliphatic rings. The van der Waals surface area contributed by atoms with E-state index in [2.05, 4.69) is 33.4 Å². The lowest BCUT2D eigenvalue weighted by molar-refractivity contribution is -0.243. The molecule has 0 saturated heterocycles. The number of hydrogen-bond acceptors (Lipinski definition) is 7. The lowest BCUT2D eigenvalue weighted by Gasteiger charge is -2.42. The van der Waals surface area contributed by atoms with Gasteiger partial charge >= 0.3 is 5.97 Å². The number of phenolic OH excluding ortho intramolecular Hbond substituents is 1. The van der Waals surface area contributed by atoms with E-state index in [0.29, 0.717) is 18.4 Å². The van der Waals surface area contributed by atoms with Crippen LogP contribution in [-0.4, -0.2) is 23.3 Å². The lowest BCUT2D eigenvalue weighted by atomic mass is 9.73. The molecule has 3 atom stereocenters. The van der Waals surface area contributed by atoms with E-state index in [1.54, 1.807) is 6.07 Å². The fraction of sp³-hybridized carbons (Fsp3) is 0.686. The van der Waals surface area contributed by atoms with Crippen LogP contribution in [0.15, 0.2) is 35.9 Å². The molecule has 1 N–H and O–H groups in total. The van der Waals surface area contributed by atoms with Gasteiger partial charge in [0.2, 0.25) is 0 Å². The van der Waals surface area contributed by atoms with Gasteiger partial charge in [-0.2, -0.15) is 0 Å². The first-order valence-electron chi connectivity index (χ1n) is 16.6. The van der Waals surface area contributed by atoms with Crippen molar-refractivity contribution in [3.63, 3.8) is 0 Å². The Balaban J connectivity index is 1.79. The van der Waals surface area contributed by atoms with E-state index in [4.69, 9.17) is 13.8 Å². The van der Waals surface area contributed by atoms with Crippen LogP contribution in [0.4, 0.5) is 0 Å². The van der Waals surface area contributed by atoms with Crippen LogP contribution in [0.1, 0.15) is 141 Å². The zero-order chi connectivity index (χ0) is 31.5. The topological polar surface area (TPSA) is 105 Å². The van der Waals surface area contributed by atoms with Crippen molar-refractivity contribution in [3.05, 3.63) is 47.1 Å². The third kappa shape index (κ3) is 10.3. The minimum absolute atomic E-state index is 0.0349. The van der Waals surface area contributed by atoms with Crippen molar-refractivity contribution in [2.45, 2.75) is 142 Å². The first kappa shape index (κ1) is 35.6. The number of carbonyl (C=O) groups is 1. The quantitative estimate of drug-likeness (QED) is 0.0542. The number of phosphoric ester groups is 1. The Morgan fingerprint density at radius 2 is 1.72 bits per heavy atom. The van der Waals surface area contributed by atoms with Crippen LogP contribution in [0, 0.1) is 5.92 Å². The van der Waals surface area contributed by atoms with Crippen LogP contribution in [-0.2, 0) is 24.8 Å². The molecule has 1 saturated carbocycles. The van der Waals surface area contributed by atoms with Gasteiger partial charge in [0.15, 0.2) is 5.60 Å². The highest BCUT2D eigenvalue weighted by molar-refractivity contribution is 7.46. The van der Waals surface area contributed by atoms with Crippen LogP contribution < -0.4 is 9.63 Å². The summed E-state index contributed by atoms with van der Waals surface area (Å²) in [6.07, 6.45) is 16.1.